The van der Waals surface area contributed by atoms with Crippen LogP contribution in [0.4, 0.5) is 0 Å². The molecule has 2 heterocycles. The van der Waals surface area contributed by atoms with Crippen LogP contribution in [-0.4, -0.2) is 25.0 Å². The van der Waals surface area contributed by atoms with Gasteiger partial charge in [0.05, 0.1) is 12.8 Å². The van der Waals surface area contributed by atoms with Gasteiger partial charge in [-0.15, -0.1) is 0 Å². The van der Waals surface area contributed by atoms with Crippen LogP contribution in [0.25, 0.3) is 0 Å². The molecule has 3 heteroatoms. The van der Waals surface area contributed by atoms with Gasteiger partial charge in [0, 0.05) is 18.7 Å². The summed E-state index contributed by atoms with van der Waals surface area (Å²) in [5, 5.41) is 3.16. The first-order chi connectivity index (χ1) is 8.50. The molecular weight excluding hydrogens is 224 g/mol. The number of nitrogens with one attached hydrogen (secondary N) is 1. The van der Waals surface area contributed by atoms with Crippen molar-refractivity contribution < 1.29 is 4.42 Å². The van der Waals surface area contributed by atoms with E-state index in [0.717, 1.165) is 24.8 Å². The molecule has 1 saturated heterocycles. The van der Waals surface area contributed by atoms with Gasteiger partial charge in [-0.25, -0.2) is 0 Å². The summed E-state index contributed by atoms with van der Waals surface area (Å²) < 4.78 is 5.52. The van der Waals surface area contributed by atoms with Crippen LogP contribution in [0.3, 0.4) is 0 Å². The number of furan rings is 1. The van der Waals surface area contributed by atoms with Crippen LogP contribution in [0.15, 0.2) is 16.7 Å². The summed E-state index contributed by atoms with van der Waals surface area (Å²) in [5.41, 5.74) is 1.76. The molecule has 1 aliphatic heterocycles. The number of nitrogens with zero attached hydrogens (tertiary/aromatic N) is 1. The third kappa shape index (κ3) is 3.15. The second kappa shape index (κ2) is 5.45. The maximum Gasteiger partial charge on any atom is 0.122 e. The Labute approximate surface area is 111 Å². The van der Waals surface area contributed by atoms with Crippen LogP contribution in [0.5, 0.6) is 0 Å². The van der Waals surface area contributed by atoms with Gasteiger partial charge in [-0.1, -0.05) is 20.8 Å². The van der Waals surface area contributed by atoms with Gasteiger partial charge in [-0.05, 0) is 37.4 Å². The number of likely N-dealkylation sites (tertiary alicyclic amines) is 1. The van der Waals surface area contributed by atoms with Gasteiger partial charge in [-0.2, -0.15) is 0 Å². The molecule has 3 nitrogen and oxygen atoms in total. The average Bonchev–Trinajstić information content (AvgIpc) is 2.89. The zero-order valence-electron chi connectivity index (χ0n) is 12.1. The molecule has 1 unspecified atom stereocenters. The molecule has 2 rings (SSSR count). The summed E-state index contributed by atoms with van der Waals surface area (Å²) in [6.45, 7) is 11.3. The second-order valence-corrected chi connectivity index (χ2v) is 6.49. The number of rotatable bonds is 4. The Morgan fingerprint density at radius 2 is 2.22 bits per heavy atom. The second-order valence-electron chi connectivity index (χ2n) is 6.49. The lowest BCUT2D eigenvalue weighted by atomic mass is 9.80. The molecule has 0 saturated carbocycles. The monoisotopic (exact) mass is 250 g/mol. The lowest BCUT2D eigenvalue weighted by Gasteiger charge is -2.27. The van der Waals surface area contributed by atoms with E-state index in [1.54, 1.807) is 6.26 Å². The first-order valence-electron chi connectivity index (χ1n) is 6.93. The van der Waals surface area contributed by atoms with Gasteiger partial charge < -0.3 is 9.73 Å². The molecule has 1 fully saturated rings. The Morgan fingerprint density at radius 1 is 1.44 bits per heavy atom. The molecule has 1 aromatic heterocycles. The summed E-state index contributed by atoms with van der Waals surface area (Å²) in [6.07, 6.45) is 3.13. The predicted octanol–water partition coefficient (Wildman–Crippen LogP) is 2.87. The third-order valence-electron chi connectivity index (χ3n) is 4.07. The van der Waals surface area contributed by atoms with Crippen LogP contribution < -0.4 is 5.32 Å². The Kier molecular flexibility index (Phi) is 4.13. The van der Waals surface area contributed by atoms with E-state index >= 15 is 0 Å². The highest BCUT2D eigenvalue weighted by atomic mass is 16.3. The van der Waals surface area contributed by atoms with Crippen LogP contribution in [0.2, 0.25) is 0 Å². The summed E-state index contributed by atoms with van der Waals surface area (Å²) in [5.74, 6) is 1.90. The highest BCUT2D eigenvalue weighted by Gasteiger charge is 2.31. The van der Waals surface area contributed by atoms with E-state index in [-0.39, 0.29) is 0 Å². The predicted molar refractivity (Wildman–Crippen MR) is 74.3 cm³/mol. The highest BCUT2D eigenvalue weighted by molar-refractivity contribution is 5.17. The van der Waals surface area contributed by atoms with E-state index in [9.17, 15) is 0 Å². The molecule has 0 aromatic carbocycles. The van der Waals surface area contributed by atoms with E-state index in [2.05, 4.69) is 37.1 Å². The summed E-state index contributed by atoms with van der Waals surface area (Å²) >= 11 is 0. The largest absolute Gasteiger partial charge is 0.468 e. The van der Waals surface area contributed by atoms with Crippen LogP contribution in [0, 0.1) is 11.3 Å². The molecule has 0 spiro atoms. The van der Waals surface area contributed by atoms with Gasteiger partial charge in [0.25, 0.3) is 0 Å². The van der Waals surface area contributed by atoms with Crippen molar-refractivity contribution in [3.63, 3.8) is 0 Å². The van der Waals surface area contributed by atoms with Crippen molar-refractivity contribution in [1.29, 1.82) is 0 Å². The van der Waals surface area contributed by atoms with E-state index in [1.807, 2.05) is 7.05 Å². The Morgan fingerprint density at radius 3 is 2.83 bits per heavy atom. The minimum Gasteiger partial charge on any atom is -0.468 e. The number of hydrogen-bond acceptors (Lipinski definition) is 3. The van der Waals surface area contributed by atoms with Crippen molar-refractivity contribution >= 4 is 0 Å². The Balaban J connectivity index is 1.93. The van der Waals surface area contributed by atoms with Gasteiger partial charge in [0.2, 0.25) is 0 Å². The van der Waals surface area contributed by atoms with Crippen molar-refractivity contribution in [2.45, 2.75) is 40.3 Å². The van der Waals surface area contributed by atoms with E-state index in [1.165, 1.54) is 25.1 Å². The van der Waals surface area contributed by atoms with Gasteiger partial charge in [0.15, 0.2) is 0 Å². The minimum absolute atomic E-state index is 0.430. The molecule has 102 valence electrons. The fourth-order valence-electron chi connectivity index (χ4n) is 2.75. The fourth-order valence-corrected chi connectivity index (χ4v) is 2.75. The SMILES string of the molecule is CNCc1occc1CN1CCC(C(C)(C)C)C1. The van der Waals surface area contributed by atoms with Crippen LogP contribution in [-0.2, 0) is 13.1 Å². The highest BCUT2D eigenvalue weighted by Crippen LogP contribution is 2.34. The van der Waals surface area contributed by atoms with Crippen molar-refractivity contribution in [3.05, 3.63) is 23.7 Å². The zero-order valence-corrected chi connectivity index (χ0v) is 12.1. The standard InChI is InChI=1S/C15H26N2O/c1-15(2,3)13-5-7-17(11-13)10-12-6-8-18-14(12)9-16-4/h6,8,13,16H,5,7,9-11H2,1-4H3. The minimum atomic E-state index is 0.430. The van der Waals surface area contributed by atoms with Gasteiger partial charge in [0.1, 0.15) is 5.76 Å². The number of hydrogen-bond donors (Lipinski definition) is 1. The van der Waals surface area contributed by atoms with E-state index in [0.29, 0.717) is 5.41 Å². The third-order valence-corrected chi connectivity index (χ3v) is 4.07. The van der Waals surface area contributed by atoms with Crippen molar-refractivity contribution in [2.75, 3.05) is 20.1 Å². The molecular formula is C15H26N2O. The van der Waals surface area contributed by atoms with Gasteiger partial charge >= 0.3 is 0 Å². The van der Waals surface area contributed by atoms with E-state index < -0.39 is 0 Å². The molecule has 18 heavy (non-hydrogen) atoms. The zero-order chi connectivity index (χ0) is 13.2. The van der Waals surface area contributed by atoms with E-state index in [4.69, 9.17) is 4.42 Å². The molecule has 1 aromatic rings. The fraction of sp³-hybridized carbons (Fsp3) is 0.733. The molecule has 0 aliphatic carbocycles. The Hall–Kier alpha value is -0.800. The lowest BCUT2D eigenvalue weighted by molar-refractivity contribution is 0.226. The maximum absolute atomic E-state index is 5.52. The molecule has 1 N–H and O–H groups in total. The smallest absolute Gasteiger partial charge is 0.122 e. The molecule has 0 amide bonds. The summed E-state index contributed by atoms with van der Waals surface area (Å²) in [6, 6.07) is 2.11. The quantitative estimate of drug-likeness (QED) is 0.890. The molecule has 1 aliphatic rings. The van der Waals surface area contributed by atoms with Crippen molar-refractivity contribution in [3.8, 4) is 0 Å². The normalized spacial score (nSPS) is 21.7. The first kappa shape index (κ1) is 13.6. The average molecular weight is 250 g/mol. The molecule has 1 atom stereocenters. The van der Waals surface area contributed by atoms with Crippen molar-refractivity contribution in [2.24, 2.45) is 11.3 Å². The topological polar surface area (TPSA) is 28.4 Å². The lowest BCUT2D eigenvalue weighted by Crippen LogP contribution is -2.26. The van der Waals surface area contributed by atoms with Crippen LogP contribution >= 0.6 is 0 Å². The van der Waals surface area contributed by atoms with Crippen molar-refractivity contribution in [1.82, 2.24) is 10.2 Å². The Bertz CT molecular complexity index is 378. The van der Waals surface area contributed by atoms with Crippen LogP contribution in [0.1, 0.15) is 38.5 Å². The maximum atomic E-state index is 5.52. The molecule has 0 radical (unpaired) electrons. The van der Waals surface area contributed by atoms with Gasteiger partial charge in [-0.3, -0.25) is 4.90 Å². The first-order valence-corrected chi connectivity index (χ1v) is 6.93. The molecule has 0 bridgehead atoms. The summed E-state index contributed by atoms with van der Waals surface area (Å²) in [7, 11) is 1.96. The summed E-state index contributed by atoms with van der Waals surface area (Å²) in [4.78, 5) is 2.56.